The number of fused-ring (bicyclic) bond motifs is 1. The van der Waals surface area contributed by atoms with Gasteiger partial charge in [-0.3, -0.25) is 9.20 Å². The molecule has 3 aromatic rings. The lowest BCUT2D eigenvalue weighted by atomic mass is 9.92. The third-order valence-corrected chi connectivity index (χ3v) is 5.57. The number of hydrogen-bond donors (Lipinski definition) is 0. The van der Waals surface area contributed by atoms with Crippen LogP contribution < -0.4 is 0 Å². The molecule has 1 aromatic carbocycles. The average molecular weight is 354 g/mol. The molecule has 0 unspecified atom stereocenters. The fourth-order valence-corrected chi connectivity index (χ4v) is 3.99. The van der Waals surface area contributed by atoms with E-state index >= 15 is 0 Å². The summed E-state index contributed by atoms with van der Waals surface area (Å²) in [4.78, 5) is 17.3. The molecule has 0 saturated carbocycles. The van der Waals surface area contributed by atoms with Crippen molar-refractivity contribution < 1.29 is 4.79 Å². The van der Waals surface area contributed by atoms with Crippen molar-refractivity contribution in [1.29, 1.82) is 0 Å². The molecule has 2 aromatic heterocycles. The number of rotatable bonds is 4. The number of benzene rings is 1. The maximum absolute atomic E-state index is 12.9. The predicted molar refractivity (Wildman–Crippen MR) is 101 cm³/mol. The van der Waals surface area contributed by atoms with Gasteiger partial charge in [0, 0.05) is 17.0 Å². The second-order valence-electron chi connectivity index (χ2n) is 6.50. The van der Waals surface area contributed by atoms with E-state index in [2.05, 4.69) is 35.1 Å². The highest BCUT2D eigenvalue weighted by atomic mass is 32.2. The first-order valence-corrected chi connectivity index (χ1v) is 9.21. The fraction of sp³-hybridized carbons (Fsp3) is 0.368. The van der Waals surface area contributed by atoms with Gasteiger partial charge in [-0.05, 0) is 69.9 Å². The molecule has 0 aliphatic rings. The number of hydrogen-bond acceptors (Lipinski definition) is 5. The van der Waals surface area contributed by atoms with Crippen molar-refractivity contribution in [2.24, 2.45) is 0 Å². The highest BCUT2D eigenvalue weighted by molar-refractivity contribution is 7.99. The van der Waals surface area contributed by atoms with Gasteiger partial charge in [-0.1, -0.05) is 17.8 Å². The van der Waals surface area contributed by atoms with Crippen LogP contribution in [0.3, 0.4) is 0 Å². The maximum atomic E-state index is 12.9. The van der Waals surface area contributed by atoms with Crippen molar-refractivity contribution >= 4 is 23.3 Å². The minimum absolute atomic E-state index is 0.126. The largest absolute Gasteiger partial charge is 0.293 e. The van der Waals surface area contributed by atoms with Gasteiger partial charge in [0.2, 0.25) is 0 Å². The summed E-state index contributed by atoms with van der Waals surface area (Å²) in [5.41, 5.74) is 7.19. The highest BCUT2D eigenvalue weighted by Crippen LogP contribution is 2.25. The molecule has 3 rings (SSSR count). The molecule has 130 valence electrons. The van der Waals surface area contributed by atoms with Crippen molar-refractivity contribution in [2.45, 2.75) is 46.7 Å². The van der Waals surface area contributed by atoms with Crippen LogP contribution in [-0.4, -0.2) is 31.1 Å². The van der Waals surface area contributed by atoms with Crippen LogP contribution in [0.15, 0.2) is 17.3 Å². The van der Waals surface area contributed by atoms with Gasteiger partial charge in [0.25, 0.3) is 5.78 Å². The standard InChI is InChI=1S/C19H22N4OS/c1-10-7-11(2)15(6)17(14(10)5)16(24)9-25-19-22-21-18-20-12(3)8-13(4)23(18)19/h7-8H,9H2,1-6H3. The first-order valence-electron chi connectivity index (χ1n) is 8.22. The van der Waals surface area contributed by atoms with E-state index in [1.807, 2.05) is 38.2 Å². The van der Waals surface area contributed by atoms with Gasteiger partial charge in [-0.25, -0.2) is 4.98 Å². The van der Waals surface area contributed by atoms with E-state index in [1.54, 1.807) is 0 Å². The predicted octanol–water partition coefficient (Wildman–Crippen LogP) is 3.95. The molecule has 6 heteroatoms. The molecule has 25 heavy (non-hydrogen) atoms. The fourth-order valence-electron chi connectivity index (χ4n) is 3.13. The summed E-state index contributed by atoms with van der Waals surface area (Å²) in [6, 6.07) is 4.12. The molecule has 0 spiro atoms. The third kappa shape index (κ3) is 3.18. The topological polar surface area (TPSA) is 60.2 Å². The van der Waals surface area contributed by atoms with Crippen LogP contribution in [0.4, 0.5) is 0 Å². The maximum Gasteiger partial charge on any atom is 0.256 e. The lowest BCUT2D eigenvalue weighted by molar-refractivity contribution is 0.102. The van der Waals surface area contributed by atoms with Gasteiger partial charge >= 0.3 is 0 Å². The van der Waals surface area contributed by atoms with Gasteiger partial charge in [-0.15, -0.1) is 10.2 Å². The Labute approximate surface area is 151 Å². The molecule has 0 saturated heterocycles. The summed E-state index contributed by atoms with van der Waals surface area (Å²) in [6.07, 6.45) is 0. The molecular weight excluding hydrogens is 332 g/mol. The molecule has 0 bridgehead atoms. The second kappa shape index (κ2) is 6.59. The number of carbonyl (C=O) groups excluding carboxylic acids is 1. The molecule has 0 aliphatic carbocycles. The normalized spacial score (nSPS) is 11.3. The zero-order chi connectivity index (χ0) is 18.3. The van der Waals surface area contributed by atoms with E-state index in [0.29, 0.717) is 16.7 Å². The molecule has 0 N–H and O–H groups in total. The van der Waals surface area contributed by atoms with Crippen molar-refractivity contribution in [3.8, 4) is 0 Å². The molecule has 0 aliphatic heterocycles. The van der Waals surface area contributed by atoms with E-state index < -0.39 is 0 Å². The Morgan fingerprint density at radius 1 is 1.00 bits per heavy atom. The number of thioether (sulfide) groups is 1. The summed E-state index contributed by atoms with van der Waals surface area (Å²) in [7, 11) is 0. The van der Waals surface area contributed by atoms with E-state index in [0.717, 1.165) is 39.2 Å². The van der Waals surface area contributed by atoms with E-state index in [-0.39, 0.29) is 5.78 Å². The number of Topliss-reactive ketones (excluding diaryl/α,β-unsaturated/α-hetero) is 1. The first-order chi connectivity index (χ1) is 11.8. The number of aromatic nitrogens is 4. The average Bonchev–Trinajstić information content (AvgIpc) is 2.94. The van der Waals surface area contributed by atoms with E-state index in [9.17, 15) is 4.79 Å². The molecular formula is C19H22N4OS. The summed E-state index contributed by atoms with van der Waals surface area (Å²) >= 11 is 1.41. The Balaban J connectivity index is 1.89. The number of carbonyl (C=O) groups is 1. The molecule has 0 radical (unpaired) electrons. The summed E-state index contributed by atoms with van der Waals surface area (Å²) in [5.74, 6) is 1.03. The minimum atomic E-state index is 0.126. The summed E-state index contributed by atoms with van der Waals surface area (Å²) < 4.78 is 1.89. The SMILES string of the molecule is Cc1cc(C)n2c(SCC(=O)c3c(C)c(C)cc(C)c3C)nnc2n1. The quantitative estimate of drug-likeness (QED) is 0.524. The van der Waals surface area contributed by atoms with Crippen molar-refractivity contribution in [3.63, 3.8) is 0 Å². The Morgan fingerprint density at radius 2 is 1.64 bits per heavy atom. The van der Waals surface area contributed by atoms with Gasteiger partial charge in [-0.2, -0.15) is 0 Å². The zero-order valence-corrected chi connectivity index (χ0v) is 16.3. The minimum Gasteiger partial charge on any atom is -0.293 e. The van der Waals surface area contributed by atoms with Crippen LogP contribution in [0.5, 0.6) is 0 Å². The van der Waals surface area contributed by atoms with Crippen LogP contribution in [-0.2, 0) is 0 Å². The Hall–Kier alpha value is -2.21. The summed E-state index contributed by atoms with van der Waals surface area (Å²) in [6.45, 7) is 12.1. The van der Waals surface area contributed by atoms with Crippen molar-refractivity contribution in [2.75, 3.05) is 5.75 Å². The van der Waals surface area contributed by atoms with Gasteiger partial charge in [0.1, 0.15) is 0 Å². The van der Waals surface area contributed by atoms with Gasteiger partial charge in [0.15, 0.2) is 10.9 Å². The number of ketones is 1. The van der Waals surface area contributed by atoms with Crippen LogP contribution >= 0.6 is 11.8 Å². The zero-order valence-electron chi connectivity index (χ0n) is 15.5. The highest BCUT2D eigenvalue weighted by Gasteiger charge is 2.18. The Morgan fingerprint density at radius 3 is 2.28 bits per heavy atom. The Kier molecular flexibility index (Phi) is 4.64. The summed E-state index contributed by atoms with van der Waals surface area (Å²) in [5, 5.41) is 9.03. The van der Waals surface area contributed by atoms with Crippen LogP contribution in [0.1, 0.15) is 44.0 Å². The smallest absolute Gasteiger partial charge is 0.256 e. The van der Waals surface area contributed by atoms with Crippen LogP contribution in [0.25, 0.3) is 5.78 Å². The lowest BCUT2D eigenvalue weighted by Gasteiger charge is -2.14. The molecule has 2 heterocycles. The second-order valence-corrected chi connectivity index (χ2v) is 7.45. The molecule has 5 nitrogen and oxygen atoms in total. The van der Waals surface area contributed by atoms with Crippen LogP contribution in [0, 0.1) is 41.5 Å². The third-order valence-electron chi connectivity index (χ3n) is 4.64. The van der Waals surface area contributed by atoms with Crippen LogP contribution in [0.2, 0.25) is 0 Å². The molecule has 0 atom stereocenters. The first kappa shape index (κ1) is 17.6. The van der Waals surface area contributed by atoms with E-state index in [4.69, 9.17) is 0 Å². The molecule has 0 fully saturated rings. The van der Waals surface area contributed by atoms with Gasteiger partial charge < -0.3 is 0 Å². The molecule has 0 amide bonds. The van der Waals surface area contributed by atoms with Crippen molar-refractivity contribution in [1.82, 2.24) is 19.6 Å². The van der Waals surface area contributed by atoms with Gasteiger partial charge in [0.05, 0.1) is 5.75 Å². The lowest BCUT2D eigenvalue weighted by Crippen LogP contribution is -2.10. The number of aryl methyl sites for hydroxylation is 4. The Bertz CT molecular complexity index is 965. The monoisotopic (exact) mass is 354 g/mol. The van der Waals surface area contributed by atoms with E-state index in [1.165, 1.54) is 11.8 Å². The number of nitrogens with zero attached hydrogens (tertiary/aromatic N) is 4. The van der Waals surface area contributed by atoms with Crippen molar-refractivity contribution in [3.05, 3.63) is 51.3 Å².